The van der Waals surface area contributed by atoms with E-state index in [-0.39, 0.29) is 29.3 Å². The molecule has 5 nitrogen and oxygen atoms in total. The molecule has 0 spiro atoms. The number of halogens is 1. The highest BCUT2D eigenvalue weighted by molar-refractivity contribution is 5.75. The molecule has 0 aliphatic rings. The standard InChI is InChI=1S/C14H20N2O3.BrH/c17-13(15-9-6-8-14(18)19)7-2-5-12-16-10-3-1-4-11-16;/h1,3-4,10-11H,2,5-9,12H2,(H-,15,17,18,19);1H. The molecule has 0 bridgehead atoms. The van der Waals surface area contributed by atoms with E-state index in [0.717, 1.165) is 19.4 Å². The molecule has 1 rings (SSSR count). The Balaban J connectivity index is 0.00000361. The number of aliphatic carboxylic acids is 1. The van der Waals surface area contributed by atoms with Gasteiger partial charge >= 0.3 is 5.97 Å². The van der Waals surface area contributed by atoms with Gasteiger partial charge in [0.2, 0.25) is 5.91 Å². The molecule has 1 aromatic rings. The van der Waals surface area contributed by atoms with Crippen LogP contribution in [0.5, 0.6) is 0 Å². The minimum atomic E-state index is -0.825. The van der Waals surface area contributed by atoms with Crippen LogP contribution in [0.2, 0.25) is 0 Å². The summed E-state index contributed by atoms with van der Waals surface area (Å²) in [6.07, 6.45) is 6.90. The quantitative estimate of drug-likeness (QED) is 0.407. The molecule has 0 aromatic carbocycles. The zero-order valence-electron chi connectivity index (χ0n) is 11.4. The molecule has 0 saturated carbocycles. The lowest BCUT2D eigenvalue weighted by molar-refractivity contribution is -0.697. The predicted molar refractivity (Wildman–Crippen MR) is 70.4 cm³/mol. The van der Waals surface area contributed by atoms with Crippen molar-refractivity contribution in [3.63, 3.8) is 0 Å². The molecule has 20 heavy (non-hydrogen) atoms. The fourth-order valence-corrected chi connectivity index (χ4v) is 1.72. The van der Waals surface area contributed by atoms with Gasteiger partial charge < -0.3 is 27.4 Å². The van der Waals surface area contributed by atoms with Gasteiger partial charge in [-0.2, -0.15) is 0 Å². The normalized spacial score (nSPS) is 9.60. The van der Waals surface area contributed by atoms with E-state index in [1.165, 1.54) is 0 Å². The first-order chi connectivity index (χ1) is 9.18. The Morgan fingerprint density at radius 2 is 1.70 bits per heavy atom. The minimum absolute atomic E-state index is 0. The average molecular weight is 345 g/mol. The summed E-state index contributed by atoms with van der Waals surface area (Å²) in [4.78, 5) is 21.7. The monoisotopic (exact) mass is 344 g/mol. The molecule has 0 fully saturated rings. The SMILES string of the molecule is O=C(O)CCCNC(=O)CCCC[n+]1ccccc1.[Br-]. The van der Waals surface area contributed by atoms with Crippen molar-refractivity contribution in [3.05, 3.63) is 30.6 Å². The molecular weight excluding hydrogens is 324 g/mol. The van der Waals surface area contributed by atoms with Gasteiger partial charge in [0, 0.05) is 37.9 Å². The van der Waals surface area contributed by atoms with E-state index in [9.17, 15) is 9.59 Å². The Hall–Kier alpha value is -1.43. The van der Waals surface area contributed by atoms with Crippen LogP contribution < -0.4 is 26.9 Å². The van der Waals surface area contributed by atoms with Gasteiger partial charge in [-0.3, -0.25) is 9.59 Å². The lowest BCUT2D eigenvalue weighted by Gasteiger charge is -2.03. The zero-order chi connectivity index (χ0) is 13.9. The first-order valence-electron chi connectivity index (χ1n) is 6.61. The van der Waals surface area contributed by atoms with Gasteiger partial charge in [-0.1, -0.05) is 6.07 Å². The van der Waals surface area contributed by atoms with E-state index >= 15 is 0 Å². The highest BCUT2D eigenvalue weighted by Gasteiger charge is 2.03. The van der Waals surface area contributed by atoms with Gasteiger partial charge in [0.25, 0.3) is 0 Å². The van der Waals surface area contributed by atoms with Crippen LogP contribution in [-0.2, 0) is 16.1 Å². The van der Waals surface area contributed by atoms with Crippen molar-refractivity contribution in [2.24, 2.45) is 0 Å². The van der Waals surface area contributed by atoms with Gasteiger partial charge in [0.1, 0.15) is 6.54 Å². The number of amides is 1. The molecule has 0 aliphatic carbocycles. The van der Waals surface area contributed by atoms with Crippen molar-refractivity contribution in [2.75, 3.05) is 6.54 Å². The average Bonchev–Trinajstić information content (AvgIpc) is 2.41. The van der Waals surface area contributed by atoms with E-state index in [0.29, 0.717) is 19.4 Å². The first-order valence-corrected chi connectivity index (χ1v) is 6.61. The van der Waals surface area contributed by atoms with Gasteiger partial charge in [0.15, 0.2) is 12.4 Å². The Morgan fingerprint density at radius 3 is 2.35 bits per heavy atom. The minimum Gasteiger partial charge on any atom is -1.00 e. The molecule has 1 heterocycles. The van der Waals surface area contributed by atoms with Crippen LogP contribution in [0.15, 0.2) is 30.6 Å². The summed E-state index contributed by atoms with van der Waals surface area (Å²) in [7, 11) is 0. The Kier molecular flexibility index (Phi) is 10.6. The number of hydrogen-bond acceptors (Lipinski definition) is 2. The molecule has 0 unspecified atom stereocenters. The van der Waals surface area contributed by atoms with E-state index in [1.807, 2.05) is 30.6 Å². The van der Waals surface area contributed by atoms with Crippen LogP contribution >= 0.6 is 0 Å². The number of pyridine rings is 1. The number of carboxylic acids is 1. The van der Waals surface area contributed by atoms with Crippen LogP contribution in [0.3, 0.4) is 0 Å². The van der Waals surface area contributed by atoms with Gasteiger partial charge in [-0.15, -0.1) is 0 Å². The third-order valence-corrected chi connectivity index (χ3v) is 2.74. The predicted octanol–water partition coefficient (Wildman–Crippen LogP) is -1.87. The van der Waals surface area contributed by atoms with Crippen LogP contribution in [0.1, 0.15) is 32.1 Å². The number of carbonyl (C=O) groups excluding carboxylic acids is 1. The summed E-state index contributed by atoms with van der Waals surface area (Å²) in [6, 6.07) is 5.94. The molecule has 0 atom stereocenters. The third-order valence-electron chi connectivity index (χ3n) is 2.74. The fraction of sp³-hybridized carbons (Fsp3) is 0.500. The van der Waals surface area contributed by atoms with E-state index < -0.39 is 5.97 Å². The Morgan fingerprint density at radius 1 is 1.00 bits per heavy atom. The number of carbonyl (C=O) groups is 2. The third kappa shape index (κ3) is 9.49. The van der Waals surface area contributed by atoms with Crippen LogP contribution in [0, 0.1) is 0 Å². The van der Waals surface area contributed by atoms with Crippen molar-refractivity contribution in [3.8, 4) is 0 Å². The fourth-order valence-electron chi connectivity index (χ4n) is 1.72. The smallest absolute Gasteiger partial charge is 0.303 e. The number of carboxylic acid groups (broad SMARTS) is 1. The first kappa shape index (κ1) is 18.6. The van der Waals surface area contributed by atoms with Crippen molar-refractivity contribution in [2.45, 2.75) is 38.6 Å². The highest BCUT2D eigenvalue weighted by Crippen LogP contribution is 1.96. The summed E-state index contributed by atoms with van der Waals surface area (Å²) in [5.74, 6) is -0.822. The second kappa shape index (κ2) is 11.4. The highest BCUT2D eigenvalue weighted by atomic mass is 79.9. The van der Waals surface area contributed by atoms with E-state index in [1.54, 1.807) is 0 Å². The maximum Gasteiger partial charge on any atom is 0.303 e. The maximum absolute atomic E-state index is 11.4. The number of unbranched alkanes of at least 4 members (excludes halogenated alkanes) is 1. The van der Waals surface area contributed by atoms with Gasteiger partial charge in [-0.05, 0) is 12.8 Å². The van der Waals surface area contributed by atoms with Crippen LogP contribution in [0.25, 0.3) is 0 Å². The molecule has 112 valence electrons. The van der Waals surface area contributed by atoms with Crippen molar-refractivity contribution in [1.29, 1.82) is 0 Å². The molecule has 0 aliphatic heterocycles. The number of aromatic nitrogens is 1. The molecule has 0 saturated heterocycles. The summed E-state index contributed by atoms with van der Waals surface area (Å²) >= 11 is 0. The Bertz CT molecular complexity index is 399. The zero-order valence-corrected chi connectivity index (χ0v) is 13.0. The second-order valence-electron chi connectivity index (χ2n) is 4.42. The number of aryl methyl sites for hydroxylation is 1. The Labute approximate surface area is 129 Å². The molecule has 1 aromatic heterocycles. The van der Waals surface area contributed by atoms with Crippen LogP contribution in [0.4, 0.5) is 0 Å². The summed E-state index contributed by atoms with van der Waals surface area (Å²) < 4.78 is 2.09. The summed E-state index contributed by atoms with van der Waals surface area (Å²) in [5.41, 5.74) is 0. The maximum atomic E-state index is 11.4. The topological polar surface area (TPSA) is 70.3 Å². The largest absolute Gasteiger partial charge is 1.00 e. The van der Waals surface area contributed by atoms with Crippen molar-refractivity contribution < 1.29 is 36.2 Å². The summed E-state index contributed by atoms with van der Waals surface area (Å²) in [5, 5.41) is 11.2. The van der Waals surface area contributed by atoms with Gasteiger partial charge in [0.05, 0.1) is 0 Å². The van der Waals surface area contributed by atoms with Crippen molar-refractivity contribution in [1.82, 2.24) is 5.32 Å². The lowest BCUT2D eigenvalue weighted by atomic mass is 10.2. The van der Waals surface area contributed by atoms with Gasteiger partial charge in [-0.25, -0.2) is 4.57 Å². The lowest BCUT2D eigenvalue weighted by Crippen LogP contribution is -3.00. The number of hydrogen-bond donors (Lipinski definition) is 2. The summed E-state index contributed by atoms with van der Waals surface area (Å²) in [6.45, 7) is 1.35. The molecule has 0 radical (unpaired) electrons. The van der Waals surface area contributed by atoms with E-state index in [4.69, 9.17) is 5.11 Å². The second-order valence-corrected chi connectivity index (χ2v) is 4.42. The van der Waals surface area contributed by atoms with E-state index in [2.05, 4.69) is 9.88 Å². The van der Waals surface area contributed by atoms with Crippen molar-refractivity contribution >= 4 is 11.9 Å². The number of rotatable bonds is 9. The molecular formula is C14H21BrN2O3. The number of nitrogens with zero attached hydrogens (tertiary/aromatic N) is 1. The number of nitrogens with one attached hydrogen (secondary N) is 1. The molecule has 1 amide bonds. The molecule has 2 N–H and O–H groups in total. The van der Waals surface area contributed by atoms with Crippen LogP contribution in [-0.4, -0.2) is 23.5 Å². The molecule has 6 heteroatoms.